The Kier molecular flexibility index (Phi) is 2.86. The molecule has 0 aliphatic carbocycles. The van der Waals surface area contributed by atoms with E-state index in [9.17, 15) is 4.79 Å². The van der Waals surface area contributed by atoms with Gasteiger partial charge in [-0.05, 0) is 24.6 Å². The zero-order valence-corrected chi connectivity index (χ0v) is 9.97. The number of hydrogen-bond donors (Lipinski definition) is 1. The Hall–Kier alpha value is -1.16. The van der Waals surface area contributed by atoms with Gasteiger partial charge in [0.05, 0.1) is 6.54 Å². The summed E-state index contributed by atoms with van der Waals surface area (Å²) in [6, 6.07) is 5.90. The molecule has 0 aromatic heterocycles. The minimum absolute atomic E-state index is 0.0886. The first kappa shape index (κ1) is 10.4. The molecular formula is C11H11BrN2O. The van der Waals surface area contributed by atoms with Crippen LogP contribution in [-0.4, -0.2) is 18.2 Å². The van der Waals surface area contributed by atoms with E-state index in [2.05, 4.69) is 26.2 Å². The van der Waals surface area contributed by atoms with Gasteiger partial charge in [0.25, 0.3) is 5.91 Å². The SMILES string of the molecule is CCNC(=O)C1=NCc2ccc(Br)cc21. The van der Waals surface area contributed by atoms with Gasteiger partial charge in [-0.15, -0.1) is 0 Å². The van der Waals surface area contributed by atoms with E-state index in [-0.39, 0.29) is 5.91 Å². The summed E-state index contributed by atoms with van der Waals surface area (Å²) in [6.07, 6.45) is 0. The lowest BCUT2D eigenvalue weighted by Crippen LogP contribution is -2.30. The molecule has 0 bridgehead atoms. The molecule has 0 radical (unpaired) electrons. The zero-order chi connectivity index (χ0) is 10.8. The summed E-state index contributed by atoms with van der Waals surface area (Å²) in [4.78, 5) is 15.9. The summed E-state index contributed by atoms with van der Waals surface area (Å²) in [5.74, 6) is -0.0886. The molecule has 1 N–H and O–H groups in total. The van der Waals surface area contributed by atoms with Gasteiger partial charge in [0.1, 0.15) is 5.71 Å². The van der Waals surface area contributed by atoms with E-state index in [4.69, 9.17) is 0 Å². The number of benzene rings is 1. The first-order valence-corrected chi connectivity index (χ1v) is 5.63. The minimum Gasteiger partial charge on any atom is -0.351 e. The normalized spacial score (nSPS) is 13.3. The van der Waals surface area contributed by atoms with Crippen molar-refractivity contribution in [2.45, 2.75) is 13.5 Å². The quantitative estimate of drug-likeness (QED) is 0.873. The van der Waals surface area contributed by atoms with Crippen LogP contribution in [0.5, 0.6) is 0 Å². The number of rotatable bonds is 2. The average molecular weight is 267 g/mol. The molecule has 0 atom stereocenters. The lowest BCUT2D eigenvalue weighted by atomic mass is 10.1. The summed E-state index contributed by atoms with van der Waals surface area (Å²) < 4.78 is 0.972. The third-order valence-electron chi connectivity index (χ3n) is 2.29. The second-order valence-corrected chi connectivity index (χ2v) is 4.24. The minimum atomic E-state index is -0.0886. The van der Waals surface area contributed by atoms with Crippen molar-refractivity contribution in [3.05, 3.63) is 33.8 Å². The molecule has 1 amide bonds. The summed E-state index contributed by atoms with van der Waals surface area (Å²) in [5.41, 5.74) is 2.60. The van der Waals surface area contributed by atoms with E-state index in [1.807, 2.05) is 25.1 Å². The number of nitrogens with zero attached hydrogens (tertiary/aromatic N) is 1. The molecule has 15 heavy (non-hydrogen) atoms. The lowest BCUT2D eigenvalue weighted by molar-refractivity contribution is -0.114. The Morgan fingerprint density at radius 1 is 1.60 bits per heavy atom. The predicted molar refractivity (Wildman–Crippen MR) is 63.1 cm³/mol. The van der Waals surface area contributed by atoms with Gasteiger partial charge < -0.3 is 5.32 Å². The molecule has 4 heteroatoms. The maximum atomic E-state index is 11.7. The predicted octanol–water partition coefficient (Wildman–Crippen LogP) is 1.89. The monoisotopic (exact) mass is 266 g/mol. The van der Waals surface area contributed by atoms with Crippen molar-refractivity contribution in [3.8, 4) is 0 Å². The number of amides is 1. The Labute approximate surface area is 96.7 Å². The van der Waals surface area contributed by atoms with Crippen LogP contribution in [-0.2, 0) is 11.3 Å². The largest absolute Gasteiger partial charge is 0.351 e. The molecule has 1 heterocycles. The van der Waals surface area contributed by atoms with E-state index < -0.39 is 0 Å². The molecule has 2 rings (SSSR count). The highest BCUT2D eigenvalue weighted by Gasteiger charge is 2.21. The number of carbonyl (C=O) groups excluding carboxylic acids is 1. The molecule has 3 nitrogen and oxygen atoms in total. The number of likely N-dealkylation sites (N-methyl/N-ethyl adjacent to an activating group) is 1. The third kappa shape index (κ3) is 1.95. The van der Waals surface area contributed by atoms with Gasteiger partial charge in [0.15, 0.2) is 0 Å². The third-order valence-corrected chi connectivity index (χ3v) is 2.78. The summed E-state index contributed by atoms with van der Waals surface area (Å²) >= 11 is 3.39. The standard InChI is InChI=1S/C11H11BrN2O/c1-2-13-11(15)10-9-5-8(12)4-3-7(9)6-14-10/h3-5H,2,6H2,1H3,(H,13,15). The van der Waals surface area contributed by atoms with E-state index in [0.29, 0.717) is 18.8 Å². The van der Waals surface area contributed by atoms with Gasteiger partial charge in [-0.25, -0.2) is 0 Å². The fourth-order valence-electron chi connectivity index (χ4n) is 1.59. The highest BCUT2D eigenvalue weighted by molar-refractivity contribution is 9.10. The molecule has 0 saturated carbocycles. The first-order chi connectivity index (χ1) is 7.22. The molecule has 1 aromatic rings. The van der Waals surface area contributed by atoms with Gasteiger partial charge in [-0.3, -0.25) is 9.79 Å². The van der Waals surface area contributed by atoms with E-state index in [1.165, 1.54) is 0 Å². The van der Waals surface area contributed by atoms with Crippen molar-refractivity contribution >= 4 is 27.5 Å². The topological polar surface area (TPSA) is 41.5 Å². The van der Waals surface area contributed by atoms with Gasteiger partial charge >= 0.3 is 0 Å². The second-order valence-electron chi connectivity index (χ2n) is 3.33. The van der Waals surface area contributed by atoms with Crippen LogP contribution in [0.1, 0.15) is 18.1 Å². The smallest absolute Gasteiger partial charge is 0.270 e. The van der Waals surface area contributed by atoms with Gasteiger partial charge in [-0.1, -0.05) is 22.0 Å². The van der Waals surface area contributed by atoms with E-state index in [1.54, 1.807) is 0 Å². The summed E-state index contributed by atoms with van der Waals surface area (Å²) in [7, 11) is 0. The van der Waals surface area contributed by atoms with Crippen molar-refractivity contribution in [1.82, 2.24) is 5.32 Å². The van der Waals surface area contributed by atoms with Crippen LogP contribution < -0.4 is 5.32 Å². The maximum Gasteiger partial charge on any atom is 0.270 e. The first-order valence-electron chi connectivity index (χ1n) is 4.84. The Morgan fingerprint density at radius 3 is 3.13 bits per heavy atom. The average Bonchev–Trinajstić information content (AvgIpc) is 2.60. The van der Waals surface area contributed by atoms with Crippen LogP contribution in [0, 0.1) is 0 Å². The number of halogens is 1. The lowest BCUT2D eigenvalue weighted by Gasteiger charge is -2.04. The Bertz CT molecular complexity index is 440. The zero-order valence-electron chi connectivity index (χ0n) is 8.38. The number of aliphatic imine (C=N–C) groups is 1. The maximum absolute atomic E-state index is 11.7. The van der Waals surface area contributed by atoms with Crippen molar-refractivity contribution < 1.29 is 4.79 Å². The van der Waals surface area contributed by atoms with Gasteiger partial charge in [-0.2, -0.15) is 0 Å². The molecule has 1 aliphatic heterocycles. The van der Waals surface area contributed by atoms with Crippen molar-refractivity contribution in [3.63, 3.8) is 0 Å². The Morgan fingerprint density at radius 2 is 2.40 bits per heavy atom. The molecule has 0 fully saturated rings. The van der Waals surface area contributed by atoms with Gasteiger partial charge in [0, 0.05) is 16.6 Å². The van der Waals surface area contributed by atoms with Crippen LogP contribution >= 0.6 is 15.9 Å². The Balaban J connectivity index is 2.33. The van der Waals surface area contributed by atoms with Crippen LogP contribution in [0.2, 0.25) is 0 Å². The van der Waals surface area contributed by atoms with Crippen LogP contribution in [0.15, 0.2) is 27.7 Å². The second kappa shape index (κ2) is 4.14. The van der Waals surface area contributed by atoms with E-state index in [0.717, 1.165) is 15.6 Å². The summed E-state index contributed by atoms with van der Waals surface area (Å²) in [5, 5.41) is 2.76. The molecule has 1 aliphatic rings. The van der Waals surface area contributed by atoms with Crippen molar-refractivity contribution in [2.24, 2.45) is 4.99 Å². The number of fused-ring (bicyclic) bond motifs is 1. The number of nitrogens with one attached hydrogen (secondary N) is 1. The van der Waals surface area contributed by atoms with Crippen LogP contribution in [0.4, 0.5) is 0 Å². The molecule has 0 unspecified atom stereocenters. The fraction of sp³-hybridized carbons (Fsp3) is 0.273. The number of hydrogen-bond acceptors (Lipinski definition) is 2. The highest BCUT2D eigenvalue weighted by Crippen LogP contribution is 2.23. The molecule has 78 valence electrons. The number of carbonyl (C=O) groups is 1. The van der Waals surface area contributed by atoms with Gasteiger partial charge in [0.2, 0.25) is 0 Å². The van der Waals surface area contributed by atoms with Crippen LogP contribution in [0.3, 0.4) is 0 Å². The molecular weight excluding hydrogens is 256 g/mol. The highest BCUT2D eigenvalue weighted by atomic mass is 79.9. The van der Waals surface area contributed by atoms with Crippen molar-refractivity contribution in [1.29, 1.82) is 0 Å². The molecule has 0 spiro atoms. The van der Waals surface area contributed by atoms with Crippen LogP contribution in [0.25, 0.3) is 0 Å². The molecule has 0 saturated heterocycles. The fourth-order valence-corrected chi connectivity index (χ4v) is 1.96. The van der Waals surface area contributed by atoms with E-state index >= 15 is 0 Å². The summed E-state index contributed by atoms with van der Waals surface area (Å²) in [6.45, 7) is 3.13. The molecule has 1 aromatic carbocycles. The van der Waals surface area contributed by atoms with Crippen molar-refractivity contribution in [2.75, 3.05) is 6.54 Å².